The van der Waals surface area contributed by atoms with Crippen LogP contribution in [-0.2, 0) is 9.53 Å². The predicted molar refractivity (Wildman–Crippen MR) is 79.4 cm³/mol. The molecule has 1 saturated carbocycles. The normalized spacial score (nSPS) is 28.6. The lowest BCUT2D eigenvalue weighted by Gasteiger charge is -2.40. The molecule has 1 heterocycles. The van der Waals surface area contributed by atoms with E-state index in [1.54, 1.807) is 0 Å². The van der Waals surface area contributed by atoms with Crippen molar-refractivity contribution in [1.82, 2.24) is 10.2 Å². The second-order valence-corrected chi connectivity index (χ2v) is 6.75. The highest BCUT2D eigenvalue weighted by Gasteiger charge is 2.30. The van der Waals surface area contributed by atoms with Gasteiger partial charge in [0, 0.05) is 37.6 Å². The molecule has 116 valence electrons. The van der Waals surface area contributed by atoms with Crippen molar-refractivity contribution in [2.45, 2.75) is 51.1 Å². The van der Waals surface area contributed by atoms with E-state index in [4.69, 9.17) is 10.5 Å². The fourth-order valence-corrected chi connectivity index (χ4v) is 3.22. The lowest BCUT2D eigenvalue weighted by Crippen LogP contribution is -2.55. The van der Waals surface area contributed by atoms with Crippen molar-refractivity contribution >= 4 is 5.91 Å². The van der Waals surface area contributed by atoms with Gasteiger partial charge in [0.1, 0.15) is 0 Å². The molecule has 2 rings (SSSR count). The van der Waals surface area contributed by atoms with Crippen LogP contribution in [0.15, 0.2) is 0 Å². The maximum Gasteiger partial charge on any atom is 0.220 e. The largest absolute Gasteiger partial charge is 0.379 e. The number of rotatable bonds is 5. The first-order valence-corrected chi connectivity index (χ1v) is 7.84. The summed E-state index contributed by atoms with van der Waals surface area (Å²) in [5.74, 6) is 0.523. The van der Waals surface area contributed by atoms with Crippen LogP contribution in [-0.4, -0.2) is 55.2 Å². The average Bonchev–Trinajstić information content (AvgIpc) is 2.83. The number of nitrogens with zero attached hydrogens (tertiary/aromatic N) is 1. The van der Waals surface area contributed by atoms with Crippen molar-refractivity contribution in [1.29, 1.82) is 0 Å². The summed E-state index contributed by atoms with van der Waals surface area (Å²) in [6.45, 7) is 8.50. The van der Waals surface area contributed by atoms with E-state index in [1.165, 1.54) is 6.42 Å². The van der Waals surface area contributed by atoms with Crippen LogP contribution in [0, 0.1) is 5.92 Å². The van der Waals surface area contributed by atoms with E-state index in [2.05, 4.69) is 24.1 Å². The number of amides is 1. The van der Waals surface area contributed by atoms with E-state index < -0.39 is 0 Å². The van der Waals surface area contributed by atoms with Crippen LogP contribution in [0.1, 0.15) is 39.5 Å². The van der Waals surface area contributed by atoms with Crippen LogP contribution in [0.5, 0.6) is 0 Å². The smallest absolute Gasteiger partial charge is 0.220 e. The molecule has 5 heteroatoms. The number of hydrogen-bond donors (Lipinski definition) is 2. The Kier molecular flexibility index (Phi) is 5.41. The number of nitrogens with two attached hydrogens (primary N) is 1. The summed E-state index contributed by atoms with van der Waals surface area (Å²) in [6, 6.07) is 0.216. The van der Waals surface area contributed by atoms with Crippen LogP contribution in [0.3, 0.4) is 0 Å². The Morgan fingerprint density at radius 2 is 2.05 bits per heavy atom. The summed E-state index contributed by atoms with van der Waals surface area (Å²) in [7, 11) is 0. The van der Waals surface area contributed by atoms with Gasteiger partial charge in [-0.25, -0.2) is 0 Å². The van der Waals surface area contributed by atoms with Crippen molar-refractivity contribution in [2.24, 2.45) is 11.7 Å². The highest BCUT2D eigenvalue weighted by molar-refractivity contribution is 5.76. The van der Waals surface area contributed by atoms with Crippen molar-refractivity contribution in [3.63, 3.8) is 0 Å². The molecule has 1 aliphatic heterocycles. The number of ether oxygens (including phenoxy) is 1. The first-order chi connectivity index (χ1) is 9.49. The molecule has 2 atom stereocenters. The van der Waals surface area contributed by atoms with Crippen molar-refractivity contribution in [2.75, 3.05) is 32.8 Å². The van der Waals surface area contributed by atoms with Crippen LogP contribution in [0.4, 0.5) is 0 Å². The molecule has 2 fully saturated rings. The van der Waals surface area contributed by atoms with Gasteiger partial charge in [0.15, 0.2) is 0 Å². The SMILES string of the molecule is CC(C)(CNC(=O)C[C@@H]1CCC[C@H]1N)N1CCOCC1. The second-order valence-electron chi connectivity index (χ2n) is 6.75. The molecule has 0 bridgehead atoms. The molecule has 0 unspecified atom stereocenters. The average molecular weight is 283 g/mol. The molecule has 0 radical (unpaired) electrons. The Balaban J connectivity index is 1.74. The Labute approximate surface area is 122 Å². The third-order valence-corrected chi connectivity index (χ3v) is 4.75. The van der Waals surface area contributed by atoms with Gasteiger partial charge in [-0.05, 0) is 32.6 Å². The van der Waals surface area contributed by atoms with Gasteiger partial charge < -0.3 is 15.8 Å². The highest BCUT2D eigenvalue weighted by Crippen LogP contribution is 2.26. The van der Waals surface area contributed by atoms with Gasteiger partial charge in [-0.1, -0.05) is 6.42 Å². The standard InChI is InChI=1S/C15H29N3O2/c1-15(2,18-6-8-20-9-7-18)11-17-14(19)10-12-4-3-5-13(12)16/h12-13H,3-11,16H2,1-2H3,(H,17,19)/t12-,13+/m0/s1. The molecular weight excluding hydrogens is 254 g/mol. The van der Waals surface area contributed by atoms with E-state index >= 15 is 0 Å². The molecule has 2 aliphatic rings. The lowest BCUT2D eigenvalue weighted by atomic mass is 9.98. The predicted octanol–water partition coefficient (Wildman–Crippen LogP) is 0.731. The van der Waals surface area contributed by atoms with Crippen LogP contribution >= 0.6 is 0 Å². The molecule has 0 aromatic heterocycles. The van der Waals surface area contributed by atoms with Crippen LogP contribution in [0.25, 0.3) is 0 Å². The van der Waals surface area contributed by atoms with Gasteiger partial charge in [-0.2, -0.15) is 0 Å². The minimum Gasteiger partial charge on any atom is -0.379 e. The van der Waals surface area contributed by atoms with Crippen molar-refractivity contribution < 1.29 is 9.53 Å². The molecule has 3 N–H and O–H groups in total. The third-order valence-electron chi connectivity index (χ3n) is 4.75. The summed E-state index contributed by atoms with van der Waals surface area (Å²) in [6.07, 6.45) is 3.91. The van der Waals surface area contributed by atoms with Gasteiger partial charge in [0.2, 0.25) is 5.91 Å². The molecule has 1 amide bonds. The van der Waals surface area contributed by atoms with E-state index in [0.717, 1.165) is 39.1 Å². The fraction of sp³-hybridized carbons (Fsp3) is 0.933. The summed E-state index contributed by atoms with van der Waals surface area (Å²) in [5.41, 5.74) is 6.01. The van der Waals surface area contributed by atoms with Crippen LogP contribution in [0.2, 0.25) is 0 Å². The Morgan fingerprint density at radius 1 is 1.35 bits per heavy atom. The topological polar surface area (TPSA) is 67.6 Å². The molecule has 0 aromatic carbocycles. The zero-order valence-corrected chi connectivity index (χ0v) is 12.9. The van der Waals surface area contributed by atoms with Crippen LogP contribution < -0.4 is 11.1 Å². The first kappa shape index (κ1) is 15.7. The lowest BCUT2D eigenvalue weighted by molar-refractivity contribution is -0.122. The number of hydrogen-bond acceptors (Lipinski definition) is 4. The van der Waals surface area contributed by atoms with Gasteiger partial charge >= 0.3 is 0 Å². The monoisotopic (exact) mass is 283 g/mol. The molecule has 0 spiro atoms. The number of morpholine rings is 1. The number of carbonyl (C=O) groups is 1. The van der Waals surface area contributed by atoms with E-state index in [9.17, 15) is 4.79 Å². The number of nitrogens with one attached hydrogen (secondary N) is 1. The summed E-state index contributed by atoms with van der Waals surface area (Å²) >= 11 is 0. The molecule has 0 aromatic rings. The maximum atomic E-state index is 12.1. The van der Waals surface area contributed by atoms with Gasteiger partial charge in [-0.15, -0.1) is 0 Å². The zero-order valence-electron chi connectivity index (χ0n) is 12.9. The molecule has 20 heavy (non-hydrogen) atoms. The zero-order chi connectivity index (χ0) is 14.6. The second kappa shape index (κ2) is 6.87. The third kappa shape index (κ3) is 4.17. The minimum atomic E-state index is -0.0166. The quantitative estimate of drug-likeness (QED) is 0.780. The fourth-order valence-electron chi connectivity index (χ4n) is 3.22. The van der Waals surface area contributed by atoms with Gasteiger partial charge in [-0.3, -0.25) is 9.69 Å². The first-order valence-electron chi connectivity index (χ1n) is 7.84. The maximum absolute atomic E-state index is 12.1. The van der Waals surface area contributed by atoms with Gasteiger partial charge in [0.05, 0.1) is 13.2 Å². The highest BCUT2D eigenvalue weighted by atomic mass is 16.5. The van der Waals surface area contributed by atoms with Gasteiger partial charge in [0.25, 0.3) is 0 Å². The molecular formula is C15H29N3O2. The summed E-state index contributed by atoms with van der Waals surface area (Å²) < 4.78 is 5.38. The summed E-state index contributed by atoms with van der Waals surface area (Å²) in [5, 5.41) is 3.09. The molecule has 5 nitrogen and oxygen atoms in total. The van der Waals surface area contributed by atoms with Crippen molar-refractivity contribution in [3.05, 3.63) is 0 Å². The summed E-state index contributed by atoms with van der Waals surface area (Å²) in [4.78, 5) is 14.5. The minimum absolute atomic E-state index is 0.0166. The van der Waals surface area contributed by atoms with E-state index in [-0.39, 0.29) is 17.5 Å². The molecule has 1 saturated heterocycles. The number of carbonyl (C=O) groups excluding carboxylic acids is 1. The molecule has 1 aliphatic carbocycles. The Morgan fingerprint density at radius 3 is 2.65 bits per heavy atom. The van der Waals surface area contributed by atoms with Crippen molar-refractivity contribution in [3.8, 4) is 0 Å². The Hall–Kier alpha value is -0.650. The Bertz CT molecular complexity index is 327. The van der Waals surface area contributed by atoms with E-state index in [0.29, 0.717) is 18.9 Å². The van der Waals surface area contributed by atoms with E-state index in [1.807, 2.05) is 0 Å².